The van der Waals surface area contributed by atoms with Gasteiger partial charge in [-0.3, -0.25) is 9.78 Å². The summed E-state index contributed by atoms with van der Waals surface area (Å²) in [4.78, 5) is 23.7. The highest BCUT2D eigenvalue weighted by Crippen LogP contribution is 2.32. The van der Waals surface area contributed by atoms with Crippen molar-refractivity contribution in [2.24, 2.45) is 7.05 Å². The standard InChI is InChI=1S/C21H22N4O/c1-24-18-9-3-2-8-17(18)23-21(24)19-10-4-5-14-25(19)20(26)12-11-16-7-6-13-22-15-16/h2-3,6-9,11-13,15,19H,4-5,10,14H2,1H3/b12-11+/t19-/m1/s1. The van der Waals surface area contributed by atoms with E-state index in [-0.39, 0.29) is 11.9 Å². The number of pyridine rings is 1. The van der Waals surface area contributed by atoms with E-state index in [2.05, 4.69) is 15.6 Å². The number of amides is 1. The van der Waals surface area contributed by atoms with Crippen LogP contribution in [0.2, 0.25) is 0 Å². The fraction of sp³-hybridized carbons (Fsp3) is 0.286. The molecule has 1 aliphatic rings. The Morgan fingerprint density at radius 2 is 2.08 bits per heavy atom. The van der Waals surface area contributed by atoms with Gasteiger partial charge < -0.3 is 9.47 Å². The van der Waals surface area contributed by atoms with Gasteiger partial charge in [-0.25, -0.2) is 4.98 Å². The number of hydrogen-bond acceptors (Lipinski definition) is 3. The Kier molecular flexibility index (Phi) is 4.52. The summed E-state index contributed by atoms with van der Waals surface area (Å²) in [6.07, 6.45) is 10.1. The molecule has 1 amide bonds. The van der Waals surface area contributed by atoms with Gasteiger partial charge in [0.1, 0.15) is 5.82 Å². The molecule has 2 aromatic heterocycles. The minimum Gasteiger partial charge on any atom is -0.329 e. The Bertz CT molecular complexity index is 945. The smallest absolute Gasteiger partial charge is 0.247 e. The number of carbonyl (C=O) groups is 1. The maximum Gasteiger partial charge on any atom is 0.247 e. The third kappa shape index (κ3) is 3.12. The van der Waals surface area contributed by atoms with E-state index in [9.17, 15) is 4.79 Å². The summed E-state index contributed by atoms with van der Waals surface area (Å²) in [6, 6.07) is 11.9. The number of imidazole rings is 1. The van der Waals surface area contributed by atoms with Gasteiger partial charge in [0.15, 0.2) is 0 Å². The van der Waals surface area contributed by atoms with Gasteiger partial charge >= 0.3 is 0 Å². The van der Waals surface area contributed by atoms with Gasteiger partial charge in [0, 0.05) is 32.1 Å². The molecule has 0 N–H and O–H groups in total. The van der Waals surface area contributed by atoms with Gasteiger partial charge in [0.2, 0.25) is 5.91 Å². The lowest BCUT2D eigenvalue weighted by Gasteiger charge is -2.34. The third-order valence-corrected chi connectivity index (χ3v) is 5.01. The SMILES string of the molecule is Cn1c([C@H]2CCCCN2C(=O)/C=C/c2cccnc2)nc2ccccc21. The number of fused-ring (bicyclic) bond motifs is 1. The summed E-state index contributed by atoms with van der Waals surface area (Å²) in [6.45, 7) is 0.768. The average molecular weight is 346 g/mol. The number of benzene rings is 1. The summed E-state index contributed by atoms with van der Waals surface area (Å²) in [5.41, 5.74) is 3.01. The molecular weight excluding hydrogens is 324 g/mol. The second-order valence-corrected chi connectivity index (χ2v) is 6.68. The van der Waals surface area contributed by atoms with Gasteiger partial charge in [0.25, 0.3) is 0 Å². The van der Waals surface area contributed by atoms with Gasteiger partial charge in [-0.2, -0.15) is 0 Å². The van der Waals surface area contributed by atoms with Crippen LogP contribution in [-0.2, 0) is 11.8 Å². The van der Waals surface area contributed by atoms with Crippen molar-refractivity contribution < 1.29 is 4.79 Å². The number of aromatic nitrogens is 3. The van der Waals surface area contributed by atoms with Crippen LogP contribution in [0.15, 0.2) is 54.9 Å². The number of aryl methyl sites for hydroxylation is 1. The second-order valence-electron chi connectivity index (χ2n) is 6.68. The van der Waals surface area contributed by atoms with Crippen molar-refractivity contribution in [3.8, 4) is 0 Å². The van der Waals surface area contributed by atoms with Crippen molar-refractivity contribution in [1.82, 2.24) is 19.4 Å². The number of carbonyl (C=O) groups excluding carboxylic acids is 1. The molecule has 0 unspecified atom stereocenters. The molecule has 26 heavy (non-hydrogen) atoms. The Morgan fingerprint density at radius 1 is 1.19 bits per heavy atom. The number of para-hydroxylation sites is 2. The zero-order valence-corrected chi connectivity index (χ0v) is 14.9. The molecule has 0 spiro atoms. The highest BCUT2D eigenvalue weighted by atomic mass is 16.2. The molecule has 3 heterocycles. The quantitative estimate of drug-likeness (QED) is 0.679. The number of likely N-dealkylation sites (tertiary alicyclic amines) is 1. The third-order valence-electron chi connectivity index (χ3n) is 5.01. The van der Waals surface area contributed by atoms with Crippen LogP contribution in [0, 0.1) is 0 Å². The maximum absolute atomic E-state index is 12.9. The normalized spacial score (nSPS) is 17.9. The predicted molar refractivity (Wildman–Crippen MR) is 102 cm³/mol. The predicted octanol–water partition coefficient (Wildman–Crippen LogP) is 3.74. The van der Waals surface area contributed by atoms with Gasteiger partial charge in [-0.15, -0.1) is 0 Å². The summed E-state index contributed by atoms with van der Waals surface area (Å²) in [5, 5.41) is 0. The molecule has 1 atom stereocenters. The van der Waals surface area contributed by atoms with Crippen LogP contribution in [0.4, 0.5) is 0 Å². The molecule has 1 aromatic carbocycles. The van der Waals surface area contributed by atoms with E-state index in [0.29, 0.717) is 0 Å². The van der Waals surface area contributed by atoms with Crippen LogP contribution < -0.4 is 0 Å². The fourth-order valence-electron chi connectivity index (χ4n) is 3.66. The van der Waals surface area contributed by atoms with Crippen LogP contribution >= 0.6 is 0 Å². The van der Waals surface area contributed by atoms with Gasteiger partial charge in [-0.1, -0.05) is 18.2 Å². The van der Waals surface area contributed by atoms with E-state index in [1.54, 1.807) is 18.5 Å². The topological polar surface area (TPSA) is 51.0 Å². The first-order valence-electron chi connectivity index (χ1n) is 9.04. The number of piperidine rings is 1. The maximum atomic E-state index is 12.9. The van der Waals surface area contributed by atoms with E-state index in [4.69, 9.17) is 4.98 Å². The van der Waals surface area contributed by atoms with Gasteiger partial charge in [0.05, 0.1) is 17.1 Å². The van der Waals surface area contributed by atoms with E-state index >= 15 is 0 Å². The largest absolute Gasteiger partial charge is 0.329 e. The van der Waals surface area contributed by atoms with E-state index in [0.717, 1.165) is 48.2 Å². The molecule has 0 radical (unpaired) electrons. The molecule has 1 saturated heterocycles. The first-order chi connectivity index (χ1) is 12.7. The summed E-state index contributed by atoms with van der Waals surface area (Å²) in [7, 11) is 2.04. The average Bonchev–Trinajstić information content (AvgIpc) is 3.04. The minimum atomic E-state index is 0.0206. The molecule has 0 aliphatic carbocycles. The second kappa shape index (κ2) is 7.12. The van der Waals surface area contributed by atoms with Crippen molar-refractivity contribution in [1.29, 1.82) is 0 Å². The molecule has 3 aromatic rings. The molecule has 1 fully saturated rings. The Hall–Kier alpha value is -2.95. The van der Waals surface area contributed by atoms with Crippen molar-refractivity contribution in [2.45, 2.75) is 25.3 Å². The van der Waals surface area contributed by atoms with E-state index in [1.807, 2.05) is 48.4 Å². The molecule has 1 aliphatic heterocycles. The molecule has 132 valence electrons. The van der Waals surface area contributed by atoms with Crippen molar-refractivity contribution in [3.05, 3.63) is 66.3 Å². The molecule has 0 bridgehead atoms. The van der Waals surface area contributed by atoms with E-state index in [1.165, 1.54) is 0 Å². The van der Waals surface area contributed by atoms with Crippen LogP contribution in [0.3, 0.4) is 0 Å². The minimum absolute atomic E-state index is 0.0206. The first-order valence-corrected chi connectivity index (χ1v) is 9.04. The Labute approximate surface area is 153 Å². The number of rotatable bonds is 3. The van der Waals surface area contributed by atoms with Crippen LogP contribution in [0.5, 0.6) is 0 Å². The van der Waals surface area contributed by atoms with Crippen molar-refractivity contribution in [2.75, 3.05) is 6.54 Å². The number of nitrogens with zero attached hydrogens (tertiary/aromatic N) is 4. The lowest BCUT2D eigenvalue weighted by molar-refractivity contribution is -0.129. The molecule has 5 heteroatoms. The Morgan fingerprint density at radius 3 is 2.88 bits per heavy atom. The van der Waals surface area contributed by atoms with Gasteiger partial charge in [-0.05, 0) is 49.1 Å². The molecular formula is C21H22N4O. The molecule has 4 rings (SSSR count). The molecule has 5 nitrogen and oxygen atoms in total. The summed E-state index contributed by atoms with van der Waals surface area (Å²) in [5.74, 6) is 1.000. The van der Waals surface area contributed by atoms with Crippen LogP contribution in [0.1, 0.15) is 36.7 Å². The Balaban J connectivity index is 1.62. The highest BCUT2D eigenvalue weighted by Gasteiger charge is 2.30. The summed E-state index contributed by atoms with van der Waals surface area (Å²) >= 11 is 0. The van der Waals surface area contributed by atoms with Crippen LogP contribution in [-0.4, -0.2) is 31.9 Å². The zero-order chi connectivity index (χ0) is 17.9. The highest BCUT2D eigenvalue weighted by molar-refractivity contribution is 5.92. The monoisotopic (exact) mass is 346 g/mol. The van der Waals surface area contributed by atoms with Crippen molar-refractivity contribution in [3.63, 3.8) is 0 Å². The first kappa shape index (κ1) is 16.5. The lowest BCUT2D eigenvalue weighted by Crippen LogP contribution is -2.38. The number of hydrogen-bond donors (Lipinski definition) is 0. The zero-order valence-electron chi connectivity index (χ0n) is 14.9. The fourth-order valence-corrected chi connectivity index (χ4v) is 3.66. The lowest BCUT2D eigenvalue weighted by atomic mass is 10.0. The summed E-state index contributed by atoms with van der Waals surface area (Å²) < 4.78 is 2.12. The molecule has 0 saturated carbocycles. The van der Waals surface area contributed by atoms with E-state index < -0.39 is 0 Å². The van der Waals surface area contributed by atoms with Crippen LogP contribution in [0.25, 0.3) is 17.1 Å². The van der Waals surface area contributed by atoms with Crippen molar-refractivity contribution >= 4 is 23.0 Å².